The highest BCUT2D eigenvalue weighted by Crippen LogP contribution is 2.29. The van der Waals surface area contributed by atoms with E-state index < -0.39 is 27.9 Å². The van der Waals surface area contributed by atoms with Crippen LogP contribution in [0.3, 0.4) is 0 Å². The summed E-state index contributed by atoms with van der Waals surface area (Å²) in [6.07, 6.45) is 0.555. The van der Waals surface area contributed by atoms with Gasteiger partial charge in [-0.25, -0.2) is 8.78 Å². The molecule has 1 N–H and O–H groups in total. The Kier molecular flexibility index (Phi) is 4.47. The number of nitrogens with zero attached hydrogens (tertiary/aromatic N) is 1. The van der Waals surface area contributed by atoms with Gasteiger partial charge in [0, 0.05) is 12.6 Å². The van der Waals surface area contributed by atoms with Gasteiger partial charge in [-0.05, 0) is 30.5 Å². The van der Waals surface area contributed by atoms with Gasteiger partial charge in [-0.2, -0.15) is 0 Å². The van der Waals surface area contributed by atoms with E-state index in [-0.39, 0.29) is 6.54 Å². The summed E-state index contributed by atoms with van der Waals surface area (Å²) in [7, 11) is 0. The number of hydrogen-bond acceptors (Lipinski definition) is 3. The van der Waals surface area contributed by atoms with E-state index in [1.807, 2.05) is 31.2 Å². The lowest BCUT2D eigenvalue weighted by Gasteiger charge is -2.10. The van der Waals surface area contributed by atoms with E-state index in [0.29, 0.717) is 6.42 Å². The van der Waals surface area contributed by atoms with E-state index in [1.54, 1.807) is 0 Å². The Labute approximate surface area is 120 Å². The van der Waals surface area contributed by atoms with E-state index in [4.69, 9.17) is 0 Å². The highest BCUT2D eigenvalue weighted by Gasteiger charge is 2.21. The number of halogens is 2. The maximum Gasteiger partial charge on any atom is 0.295 e. The predicted molar refractivity (Wildman–Crippen MR) is 76.4 cm³/mol. The third-order valence-corrected chi connectivity index (χ3v) is 3.23. The van der Waals surface area contributed by atoms with E-state index in [2.05, 4.69) is 5.32 Å². The molecule has 0 heterocycles. The zero-order valence-electron chi connectivity index (χ0n) is 11.4. The number of rotatable bonds is 5. The summed E-state index contributed by atoms with van der Waals surface area (Å²) in [6, 6.07) is 9.36. The Morgan fingerprint density at radius 3 is 2.57 bits per heavy atom. The van der Waals surface area contributed by atoms with Crippen LogP contribution in [-0.2, 0) is 6.42 Å². The summed E-state index contributed by atoms with van der Waals surface area (Å²) < 4.78 is 26.9. The normalized spacial score (nSPS) is 10.4. The molecule has 2 aromatic carbocycles. The monoisotopic (exact) mass is 292 g/mol. The first-order valence-electron chi connectivity index (χ1n) is 6.41. The predicted octanol–water partition coefficient (Wildman–Crippen LogP) is 3.84. The van der Waals surface area contributed by atoms with Gasteiger partial charge in [0.1, 0.15) is 0 Å². The van der Waals surface area contributed by atoms with Crippen molar-refractivity contribution in [3.05, 3.63) is 69.3 Å². The summed E-state index contributed by atoms with van der Waals surface area (Å²) >= 11 is 0. The lowest BCUT2D eigenvalue weighted by atomic mass is 10.1. The molecule has 6 heteroatoms. The van der Waals surface area contributed by atoms with Gasteiger partial charge in [0.2, 0.25) is 0 Å². The van der Waals surface area contributed by atoms with Crippen LogP contribution in [-0.4, -0.2) is 11.5 Å². The summed E-state index contributed by atoms with van der Waals surface area (Å²) in [5, 5.41) is 13.5. The van der Waals surface area contributed by atoms with Crippen molar-refractivity contribution in [1.29, 1.82) is 0 Å². The van der Waals surface area contributed by atoms with Crippen LogP contribution < -0.4 is 5.32 Å². The molecule has 0 radical (unpaired) electrons. The smallest absolute Gasteiger partial charge is 0.295 e. The molecular formula is C15H14F2N2O2. The molecule has 0 saturated carbocycles. The molecule has 0 aromatic heterocycles. The summed E-state index contributed by atoms with van der Waals surface area (Å²) in [6.45, 7) is 2.21. The summed E-state index contributed by atoms with van der Waals surface area (Å²) in [5.41, 5.74) is 1.24. The number of hydrogen-bond donors (Lipinski definition) is 1. The molecule has 0 aliphatic rings. The van der Waals surface area contributed by atoms with Crippen molar-refractivity contribution in [2.75, 3.05) is 11.9 Å². The zero-order valence-corrected chi connectivity index (χ0v) is 11.4. The topological polar surface area (TPSA) is 55.2 Å². The molecule has 2 rings (SSSR count). The van der Waals surface area contributed by atoms with Crippen molar-refractivity contribution in [1.82, 2.24) is 0 Å². The van der Waals surface area contributed by atoms with Gasteiger partial charge in [-0.3, -0.25) is 10.1 Å². The molecule has 0 spiro atoms. The van der Waals surface area contributed by atoms with Crippen molar-refractivity contribution >= 4 is 11.4 Å². The SMILES string of the molecule is Cc1ccccc1CCNc1c([N+](=O)[O-])ccc(F)c1F. The van der Waals surface area contributed by atoms with Gasteiger partial charge in [-0.15, -0.1) is 0 Å². The highest BCUT2D eigenvalue weighted by atomic mass is 19.2. The Morgan fingerprint density at radius 2 is 1.90 bits per heavy atom. The molecule has 0 bridgehead atoms. The minimum Gasteiger partial charge on any atom is -0.377 e. The average Bonchev–Trinajstić information content (AvgIpc) is 2.45. The van der Waals surface area contributed by atoms with Gasteiger partial charge in [0.25, 0.3) is 5.69 Å². The molecule has 21 heavy (non-hydrogen) atoms. The fraction of sp³-hybridized carbons (Fsp3) is 0.200. The number of nitrogens with one attached hydrogen (secondary N) is 1. The second kappa shape index (κ2) is 6.30. The van der Waals surface area contributed by atoms with Crippen molar-refractivity contribution in [3.8, 4) is 0 Å². The van der Waals surface area contributed by atoms with Crippen LogP contribution in [0, 0.1) is 28.7 Å². The van der Waals surface area contributed by atoms with Gasteiger partial charge in [0.05, 0.1) is 4.92 Å². The van der Waals surface area contributed by atoms with E-state index in [1.165, 1.54) is 0 Å². The van der Waals surface area contributed by atoms with E-state index >= 15 is 0 Å². The first kappa shape index (κ1) is 14.9. The lowest BCUT2D eigenvalue weighted by molar-refractivity contribution is -0.384. The second-order valence-electron chi connectivity index (χ2n) is 4.62. The second-order valence-corrected chi connectivity index (χ2v) is 4.62. The van der Waals surface area contributed by atoms with Crippen LogP contribution in [0.25, 0.3) is 0 Å². The number of nitro groups is 1. The quantitative estimate of drug-likeness (QED) is 0.673. The Bertz CT molecular complexity index is 675. The molecule has 0 amide bonds. The van der Waals surface area contributed by atoms with Crippen LogP contribution >= 0.6 is 0 Å². The zero-order chi connectivity index (χ0) is 15.4. The molecule has 0 saturated heterocycles. The number of anilines is 1. The number of aryl methyl sites for hydroxylation is 1. The molecule has 0 atom stereocenters. The molecule has 110 valence electrons. The maximum absolute atomic E-state index is 13.7. The minimum atomic E-state index is -1.23. The molecular weight excluding hydrogens is 278 g/mol. The molecule has 0 fully saturated rings. The largest absolute Gasteiger partial charge is 0.377 e. The molecule has 0 aliphatic heterocycles. The average molecular weight is 292 g/mol. The lowest BCUT2D eigenvalue weighted by Crippen LogP contribution is -2.10. The maximum atomic E-state index is 13.7. The number of nitro benzene ring substituents is 1. The molecule has 0 aliphatic carbocycles. The highest BCUT2D eigenvalue weighted by molar-refractivity contribution is 5.62. The number of benzene rings is 2. The third-order valence-electron chi connectivity index (χ3n) is 3.23. The molecule has 0 unspecified atom stereocenters. The van der Waals surface area contributed by atoms with Crippen molar-refractivity contribution in [3.63, 3.8) is 0 Å². The standard InChI is InChI=1S/C15H14F2N2O2/c1-10-4-2-3-5-11(10)8-9-18-15-13(19(20)21)7-6-12(16)14(15)17/h2-7,18H,8-9H2,1H3. The van der Waals surface area contributed by atoms with E-state index in [0.717, 1.165) is 23.3 Å². The van der Waals surface area contributed by atoms with Crippen molar-refractivity contribution < 1.29 is 13.7 Å². The van der Waals surface area contributed by atoms with E-state index in [9.17, 15) is 18.9 Å². The van der Waals surface area contributed by atoms with Crippen LogP contribution in [0.1, 0.15) is 11.1 Å². The summed E-state index contributed by atoms with van der Waals surface area (Å²) in [4.78, 5) is 10.1. The van der Waals surface area contributed by atoms with Crippen LogP contribution in [0.15, 0.2) is 36.4 Å². The first-order chi connectivity index (χ1) is 10.0. The molecule has 2 aromatic rings. The molecule has 4 nitrogen and oxygen atoms in total. The Morgan fingerprint density at radius 1 is 1.19 bits per heavy atom. The van der Waals surface area contributed by atoms with Gasteiger partial charge in [0.15, 0.2) is 17.3 Å². The fourth-order valence-electron chi connectivity index (χ4n) is 2.07. The summed E-state index contributed by atoms with van der Waals surface area (Å²) in [5.74, 6) is -2.34. The Balaban J connectivity index is 2.15. The van der Waals surface area contributed by atoms with Crippen LogP contribution in [0.2, 0.25) is 0 Å². The third kappa shape index (κ3) is 3.34. The van der Waals surface area contributed by atoms with Crippen LogP contribution in [0.5, 0.6) is 0 Å². The van der Waals surface area contributed by atoms with Gasteiger partial charge >= 0.3 is 0 Å². The van der Waals surface area contributed by atoms with Crippen molar-refractivity contribution in [2.24, 2.45) is 0 Å². The fourth-order valence-corrected chi connectivity index (χ4v) is 2.07. The van der Waals surface area contributed by atoms with Gasteiger partial charge in [-0.1, -0.05) is 24.3 Å². The van der Waals surface area contributed by atoms with Gasteiger partial charge < -0.3 is 5.32 Å². The first-order valence-corrected chi connectivity index (χ1v) is 6.41. The van der Waals surface area contributed by atoms with Crippen molar-refractivity contribution in [2.45, 2.75) is 13.3 Å². The Hall–Kier alpha value is -2.50. The van der Waals surface area contributed by atoms with Crippen LogP contribution in [0.4, 0.5) is 20.2 Å². The minimum absolute atomic E-state index is 0.270.